The van der Waals surface area contributed by atoms with Crippen molar-refractivity contribution in [2.45, 2.75) is 39.7 Å². The molecule has 4 rings (SSSR count). The number of fused-ring (bicyclic) bond motifs is 1. The van der Waals surface area contributed by atoms with Gasteiger partial charge in [-0.3, -0.25) is 4.98 Å². The Kier molecular flexibility index (Phi) is 4.91. The van der Waals surface area contributed by atoms with Crippen LogP contribution in [0.4, 0.5) is 5.82 Å². The molecule has 146 valence electrons. The fourth-order valence-electron chi connectivity index (χ4n) is 3.23. The molecular formula is C23H22N4O2. The Morgan fingerprint density at radius 3 is 2.52 bits per heavy atom. The zero-order valence-electron chi connectivity index (χ0n) is 16.7. The van der Waals surface area contributed by atoms with Gasteiger partial charge in [-0.25, -0.2) is 4.98 Å². The van der Waals surface area contributed by atoms with Crippen molar-refractivity contribution >= 4 is 5.82 Å². The van der Waals surface area contributed by atoms with Crippen LogP contribution >= 0.6 is 0 Å². The van der Waals surface area contributed by atoms with Crippen LogP contribution in [0.1, 0.15) is 36.2 Å². The summed E-state index contributed by atoms with van der Waals surface area (Å²) >= 11 is 0. The fourth-order valence-corrected chi connectivity index (χ4v) is 3.23. The average Bonchev–Trinajstić information content (AvgIpc) is 2.73. The molecule has 0 saturated carbocycles. The molecule has 29 heavy (non-hydrogen) atoms. The van der Waals surface area contributed by atoms with Crippen molar-refractivity contribution < 1.29 is 9.47 Å². The smallest absolute Gasteiger partial charge is 0.205 e. The number of aryl methyl sites for hydroxylation is 1. The van der Waals surface area contributed by atoms with Crippen LogP contribution in [0.15, 0.2) is 48.8 Å². The van der Waals surface area contributed by atoms with Crippen LogP contribution in [0.2, 0.25) is 0 Å². The lowest BCUT2D eigenvalue weighted by Crippen LogP contribution is -2.36. The first-order valence-electron chi connectivity index (χ1n) is 9.46. The van der Waals surface area contributed by atoms with E-state index in [0.717, 1.165) is 39.5 Å². The predicted octanol–water partition coefficient (Wildman–Crippen LogP) is 4.58. The summed E-state index contributed by atoms with van der Waals surface area (Å²) in [5.41, 5.74) is 5.59. The lowest BCUT2D eigenvalue weighted by atomic mass is 10.1. The molecule has 6 nitrogen and oxygen atoms in total. The second-order valence-corrected chi connectivity index (χ2v) is 7.44. The molecule has 0 aliphatic carbocycles. The monoisotopic (exact) mass is 386 g/mol. The lowest BCUT2D eigenvalue weighted by molar-refractivity contribution is -0.180. The number of pyridine rings is 2. The molecule has 1 aromatic carbocycles. The molecule has 3 heterocycles. The Morgan fingerprint density at radius 1 is 1.07 bits per heavy atom. The number of nitriles is 1. The summed E-state index contributed by atoms with van der Waals surface area (Å²) in [5.74, 6) is 0.938. The van der Waals surface area contributed by atoms with Gasteiger partial charge in [0.05, 0.1) is 23.9 Å². The van der Waals surface area contributed by atoms with E-state index in [1.807, 2.05) is 57.4 Å². The summed E-state index contributed by atoms with van der Waals surface area (Å²) in [5, 5.41) is 12.3. The van der Waals surface area contributed by atoms with E-state index in [0.29, 0.717) is 18.7 Å². The highest BCUT2D eigenvalue weighted by Gasteiger charge is 2.30. The van der Waals surface area contributed by atoms with Crippen molar-refractivity contribution in [1.82, 2.24) is 9.97 Å². The maximum Gasteiger partial charge on any atom is 0.205 e. The average molecular weight is 386 g/mol. The minimum atomic E-state index is -0.645. The zero-order valence-corrected chi connectivity index (χ0v) is 16.7. The molecule has 0 bridgehead atoms. The Bertz CT molecular complexity index is 1070. The van der Waals surface area contributed by atoms with Gasteiger partial charge < -0.3 is 14.8 Å². The number of rotatable bonds is 4. The summed E-state index contributed by atoms with van der Waals surface area (Å²) in [7, 11) is 0. The van der Waals surface area contributed by atoms with Crippen LogP contribution in [0.25, 0.3) is 11.1 Å². The van der Waals surface area contributed by atoms with Crippen LogP contribution < -0.4 is 10.1 Å². The van der Waals surface area contributed by atoms with Gasteiger partial charge in [-0.2, -0.15) is 5.26 Å². The zero-order chi connectivity index (χ0) is 20.4. The van der Waals surface area contributed by atoms with Crippen LogP contribution in [0, 0.1) is 18.3 Å². The van der Waals surface area contributed by atoms with Crippen molar-refractivity contribution in [1.29, 1.82) is 5.26 Å². The highest BCUT2D eigenvalue weighted by atomic mass is 16.7. The van der Waals surface area contributed by atoms with Crippen molar-refractivity contribution in [3.05, 3.63) is 71.2 Å². The predicted molar refractivity (Wildman–Crippen MR) is 110 cm³/mol. The molecular weight excluding hydrogens is 364 g/mol. The molecule has 0 atom stereocenters. The van der Waals surface area contributed by atoms with Gasteiger partial charge >= 0.3 is 0 Å². The first-order valence-corrected chi connectivity index (χ1v) is 9.46. The van der Waals surface area contributed by atoms with Crippen molar-refractivity contribution in [2.24, 2.45) is 0 Å². The molecule has 6 heteroatoms. The van der Waals surface area contributed by atoms with E-state index in [1.165, 1.54) is 0 Å². The van der Waals surface area contributed by atoms with Crippen LogP contribution in [-0.4, -0.2) is 15.8 Å². The summed E-state index contributed by atoms with van der Waals surface area (Å²) in [6, 6.07) is 13.5. The number of hydrogen-bond acceptors (Lipinski definition) is 6. The second-order valence-electron chi connectivity index (χ2n) is 7.44. The van der Waals surface area contributed by atoms with Crippen molar-refractivity contribution in [3.8, 4) is 22.9 Å². The molecule has 0 fully saturated rings. The lowest BCUT2D eigenvalue weighted by Gasteiger charge is -2.34. The van der Waals surface area contributed by atoms with E-state index in [1.54, 1.807) is 12.1 Å². The van der Waals surface area contributed by atoms with Gasteiger partial charge in [-0.15, -0.1) is 0 Å². The summed E-state index contributed by atoms with van der Waals surface area (Å²) < 4.78 is 11.8. The largest absolute Gasteiger partial charge is 0.461 e. The SMILES string of the molecule is Cc1ncc(CNc2ccc(-c3ccc(C#N)cc3)cn2)c2c1OC(C)(C)OC2. The first kappa shape index (κ1) is 18.9. The maximum absolute atomic E-state index is 8.91. The van der Waals surface area contributed by atoms with Crippen LogP contribution in [-0.2, 0) is 17.9 Å². The molecule has 1 aliphatic heterocycles. The molecule has 0 saturated heterocycles. The van der Waals surface area contributed by atoms with E-state index < -0.39 is 5.79 Å². The van der Waals surface area contributed by atoms with Gasteiger partial charge in [-0.1, -0.05) is 12.1 Å². The molecule has 0 amide bonds. The third-order valence-corrected chi connectivity index (χ3v) is 4.89. The molecule has 0 unspecified atom stereocenters. The highest BCUT2D eigenvalue weighted by Crippen LogP contribution is 2.35. The molecule has 3 aromatic rings. The third kappa shape index (κ3) is 4.05. The van der Waals surface area contributed by atoms with Gasteiger partial charge in [0.1, 0.15) is 11.6 Å². The first-order chi connectivity index (χ1) is 13.9. The van der Waals surface area contributed by atoms with Gasteiger partial charge in [0.15, 0.2) is 0 Å². The van der Waals surface area contributed by atoms with Crippen molar-refractivity contribution in [3.63, 3.8) is 0 Å². The van der Waals surface area contributed by atoms with Crippen LogP contribution in [0.5, 0.6) is 5.75 Å². The molecule has 1 aliphatic rings. The topological polar surface area (TPSA) is 80.1 Å². The molecule has 1 N–H and O–H groups in total. The van der Waals surface area contributed by atoms with Gasteiger partial charge in [-0.05, 0) is 42.3 Å². The third-order valence-electron chi connectivity index (χ3n) is 4.89. The summed E-state index contributed by atoms with van der Waals surface area (Å²) in [6.45, 7) is 6.82. The number of nitrogens with one attached hydrogen (secondary N) is 1. The van der Waals surface area contributed by atoms with E-state index in [9.17, 15) is 0 Å². The summed E-state index contributed by atoms with van der Waals surface area (Å²) in [6.07, 6.45) is 3.68. The van der Waals surface area contributed by atoms with E-state index in [2.05, 4.69) is 21.4 Å². The Labute approximate surface area is 170 Å². The van der Waals surface area contributed by atoms with E-state index in [-0.39, 0.29) is 0 Å². The summed E-state index contributed by atoms with van der Waals surface area (Å²) in [4.78, 5) is 8.98. The number of anilines is 1. The maximum atomic E-state index is 8.91. The number of hydrogen-bond donors (Lipinski definition) is 1. The fraction of sp³-hybridized carbons (Fsp3) is 0.261. The minimum absolute atomic E-state index is 0.494. The van der Waals surface area contributed by atoms with E-state index >= 15 is 0 Å². The number of nitrogens with zero attached hydrogens (tertiary/aromatic N) is 3. The number of benzene rings is 1. The second kappa shape index (κ2) is 7.53. The molecule has 0 spiro atoms. The Morgan fingerprint density at radius 2 is 1.83 bits per heavy atom. The Balaban J connectivity index is 1.48. The minimum Gasteiger partial charge on any atom is -0.461 e. The van der Waals surface area contributed by atoms with Crippen molar-refractivity contribution in [2.75, 3.05) is 5.32 Å². The Hall–Kier alpha value is -3.43. The van der Waals surface area contributed by atoms with Gasteiger partial charge in [0.25, 0.3) is 0 Å². The number of ether oxygens (including phenoxy) is 2. The number of aromatic nitrogens is 2. The van der Waals surface area contributed by atoms with Gasteiger partial charge in [0.2, 0.25) is 5.79 Å². The van der Waals surface area contributed by atoms with Gasteiger partial charge in [0, 0.05) is 43.9 Å². The molecule has 0 radical (unpaired) electrons. The highest BCUT2D eigenvalue weighted by molar-refractivity contribution is 5.64. The van der Waals surface area contributed by atoms with E-state index in [4.69, 9.17) is 14.7 Å². The normalized spacial score (nSPS) is 14.4. The standard InChI is InChI=1S/C23H22N4O2/c1-15-22-20(14-28-23(2,3)29-22)19(12-25-15)13-27-21-9-8-18(11-26-21)17-6-4-16(10-24)5-7-17/h4-9,11-12H,13-14H2,1-3H3,(H,26,27). The van der Waals surface area contributed by atoms with Crippen LogP contribution in [0.3, 0.4) is 0 Å². The quantitative estimate of drug-likeness (QED) is 0.707. The molecule has 2 aromatic heterocycles.